The second kappa shape index (κ2) is 11.5. The van der Waals surface area contributed by atoms with E-state index in [-0.39, 0.29) is 40.5 Å². The molecule has 3 unspecified atom stereocenters. The number of benzene rings is 2. The van der Waals surface area contributed by atoms with Crippen LogP contribution in [0.4, 0.5) is 24.5 Å². The molecule has 1 N–H and O–H groups in total. The molecule has 0 aromatic heterocycles. The summed E-state index contributed by atoms with van der Waals surface area (Å²) >= 11 is 6.42. The number of nitrogens with zero attached hydrogens (tertiary/aromatic N) is 1. The van der Waals surface area contributed by atoms with Crippen LogP contribution in [0, 0.1) is 11.8 Å². The Kier molecular flexibility index (Phi) is 8.64. The molecular formula is C30H36ClF3N2O4. The predicted octanol–water partition coefficient (Wildman–Crippen LogP) is 7.31. The Morgan fingerprint density at radius 2 is 1.80 bits per heavy atom. The van der Waals surface area contributed by atoms with E-state index in [2.05, 4.69) is 5.32 Å². The molecule has 40 heavy (non-hydrogen) atoms. The largest absolute Gasteiger partial charge is 0.490 e. The van der Waals surface area contributed by atoms with Gasteiger partial charge in [-0.15, -0.1) is 0 Å². The molecule has 4 rings (SSSR count). The number of hydrogen-bond donors (Lipinski definition) is 1. The maximum absolute atomic E-state index is 14.0. The minimum Gasteiger partial charge on any atom is -0.490 e. The first-order valence-corrected chi connectivity index (χ1v) is 13.9. The van der Waals surface area contributed by atoms with Crippen LogP contribution < -0.4 is 15.0 Å². The van der Waals surface area contributed by atoms with E-state index in [0.29, 0.717) is 24.6 Å². The van der Waals surface area contributed by atoms with E-state index in [4.69, 9.17) is 21.1 Å². The van der Waals surface area contributed by atoms with Crippen molar-refractivity contribution in [2.24, 2.45) is 11.8 Å². The maximum Gasteiger partial charge on any atom is 0.392 e. The fraction of sp³-hybridized carbons (Fsp3) is 0.533. The van der Waals surface area contributed by atoms with Gasteiger partial charge in [-0.1, -0.05) is 30.7 Å². The summed E-state index contributed by atoms with van der Waals surface area (Å²) in [5.74, 6) is -3.95. The Labute approximate surface area is 238 Å². The zero-order valence-electron chi connectivity index (χ0n) is 23.4. The fourth-order valence-electron chi connectivity index (χ4n) is 5.12. The number of carbonyl (C=O) groups excluding carboxylic acids is 2. The van der Waals surface area contributed by atoms with Gasteiger partial charge in [0.05, 0.1) is 41.2 Å². The molecule has 2 aromatic carbocycles. The third kappa shape index (κ3) is 7.22. The molecule has 1 aliphatic carbocycles. The smallest absolute Gasteiger partial charge is 0.392 e. The van der Waals surface area contributed by atoms with E-state index in [1.54, 1.807) is 51.1 Å². The van der Waals surface area contributed by atoms with Gasteiger partial charge in [-0.05, 0) is 80.8 Å². The van der Waals surface area contributed by atoms with Crippen molar-refractivity contribution in [3.05, 3.63) is 52.5 Å². The van der Waals surface area contributed by atoms with Gasteiger partial charge in [0.15, 0.2) is 0 Å². The second-order valence-electron chi connectivity index (χ2n) is 11.8. The highest BCUT2D eigenvalue weighted by molar-refractivity contribution is 6.33. The van der Waals surface area contributed by atoms with E-state index in [1.807, 2.05) is 11.9 Å². The first kappa shape index (κ1) is 30.0. The number of hydrogen-bond acceptors (Lipinski definition) is 5. The van der Waals surface area contributed by atoms with Crippen molar-refractivity contribution in [3.63, 3.8) is 0 Å². The number of nitrogens with one attached hydrogen (secondary N) is 1. The summed E-state index contributed by atoms with van der Waals surface area (Å²) in [6.45, 7) is 7.47. The highest BCUT2D eigenvalue weighted by Crippen LogP contribution is 2.46. The van der Waals surface area contributed by atoms with Gasteiger partial charge in [0.25, 0.3) is 0 Å². The quantitative estimate of drug-likeness (QED) is 0.332. The molecule has 0 radical (unpaired) electrons. The zero-order valence-corrected chi connectivity index (χ0v) is 24.2. The molecule has 2 aliphatic rings. The van der Waals surface area contributed by atoms with Gasteiger partial charge in [0.2, 0.25) is 5.91 Å². The third-order valence-electron chi connectivity index (χ3n) is 7.41. The van der Waals surface area contributed by atoms with Crippen molar-refractivity contribution in [2.45, 2.75) is 70.6 Å². The molecule has 0 saturated heterocycles. The molecule has 0 spiro atoms. The molecule has 0 bridgehead atoms. The standard InChI is InChI=1S/C30H36ClF3N2O4/c1-17(30(32,33)34)27(20-9-11-25-24(15-20)36(5)12-13-39-25)28(38)35-23-14-19(8-10-22(23)31)21(18-6-7-18)16-26(37)40-29(2,3)4/h8-11,14-15,17-18,21,27H,6-7,12-13,16H2,1-5H3,(H,35,38). The number of alkyl halides is 3. The van der Waals surface area contributed by atoms with Crippen molar-refractivity contribution in [3.8, 4) is 5.75 Å². The molecule has 2 aromatic rings. The Hall–Kier alpha value is -2.94. The van der Waals surface area contributed by atoms with Crippen LogP contribution in [0.25, 0.3) is 0 Å². The number of amides is 1. The fourth-order valence-corrected chi connectivity index (χ4v) is 5.28. The Balaban J connectivity index is 1.63. The van der Waals surface area contributed by atoms with Gasteiger partial charge in [0.1, 0.15) is 18.0 Å². The van der Waals surface area contributed by atoms with E-state index < -0.39 is 29.5 Å². The summed E-state index contributed by atoms with van der Waals surface area (Å²) in [5.41, 5.74) is 1.22. The Morgan fingerprint density at radius 3 is 2.42 bits per heavy atom. The van der Waals surface area contributed by atoms with Gasteiger partial charge in [-0.3, -0.25) is 9.59 Å². The summed E-state index contributed by atoms with van der Waals surface area (Å²) in [6, 6.07) is 9.76. The molecule has 6 nitrogen and oxygen atoms in total. The number of rotatable bonds is 8. The Morgan fingerprint density at radius 1 is 1.12 bits per heavy atom. The molecule has 3 atom stereocenters. The lowest BCUT2D eigenvalue weighted by Crippen LogP contribution is -2.35. The monoisotopic (exact) mass is 580 g/mol. The van der Waals surface area contributed by atoms with Gasteiger partial charge >= 0.3 is 12.1 Å². The van der Waals surface area contributed by atoms with Crippen LogP contribution in [0.2, 0.25) is 5.02 Å². The summed E-state index contributed by atoms with van der Waals surface area (Å²) in [7, 11) is 1.83. The van der Waals surface area contributed by atoms with E-state index >= 15 is 0 Å². The number of fused-ring (bicyclic) bond motifs is 1. The molecular weight excluding hydrogens is 545 g/mol. The average molecular weight is 581 g/mol. The lowest BCUT2D eigenvalue weighted by molar-refractivity contribution is -0.178. The number of anilines is 2. The number of esters is 1. The first-order valence-electron chi connectivity index (χ1n) is 13.5. The SMILES string of the molecule is CC(C(C(=O)Nc1cc(C(CC(=O)OC(C)(C)C)C2CC2)ccc1Cl)c1ccc2c(c1)N(C)CCO2)C(F)(F)F. The first-order chi connectivity index (χ1) is 18.6. The summed E-state index contributed by atoms with van der Waals surface area (Å²) in [5, 5.41) is 2.86. The van der Waals surface area contributed by atoms with Crippen LogP contribution in [-0.4, -0.2) is 43.9 Å². The molecule has 10 heteroatoms. The van der Waals surface area contributed by atoms with Crippen molar-refractivity contribution in [1.29, 1.82) is 0 Å². The van der Waals surface area contributed by atoms with Crippen LogP contribution >= 0.6 is 11.6 Å². The normalized spacial score (nSPS) is 17.8. The summed E-state index contributed by atoms with van der Waals surface area (Å²) in [4.78, 5) is 28.1. The van der Waals surface area contributed by atoms with Gasteiger partial charge in [-0.2, -0.15) is 13.2 Å². The summed E-state index contributed by atoms with van der Waals surface area (Å²) < 4.78 is 53.1. The molecule has 1 fully saturated rings. The maximum atomic E-state index is 14.0. The van der Waals surface area contributed by atoms with Gasteiger partial charge < -0.3 is 19.7 Å². The minimum atomic E-state index is -4.61. The highest BCUT2D eigenvalue weighted by atomic mass is 35.5. The number of likely N-dealkylation sites (N-methyl/N-ethyl adjacent to an activating group) is 1. The zero-order chi connectivity index (χ0) is 29.4. The lowest BCUT2D eigenvalue weighted by Gasteiger charge is -2.30. The van der Waals surface area contributed by atoms with Crippen molar-refractivity contribution in [1.82, 2.24) is 0 Å². The Bertz CT molecular complexity index is 1260. The van der Waals surface area contributed by atoms with Crippen LogP contribution in [0.1, 0.15) is 69.9 Å². The third-order valence-corrected chi connectivity index (χ3v) is 7.74. The van der Waals surface area contributed by atoms with Crippen LogP contribution in [-0.2, 0) is 14.3 Å². The van der Waals surface area contributed by atoms with Crippen molar-refractivity contribution >= 4 is 34.9 Å². The molecule has 1 saturated carbocycles. The topological polar surface area (TPSA) is 67.9 Å². The van der Waals surface area contributed by atoms with E-state index in [0.717, 1.165) is 25.3 Å². The molecule has 1 amide bonds. The van der Waals surface area contributed by atoms with Gasteiger partial charge in [0, 0.05) is 7.05 Å². The minimum absolute atomic E-state index is 0.149. The molecule has 218 valence electrons. The lowest BCUT2D eigenvalue weighted by atomic mass is 9.85. The summed E-state index contributed by atoms with van der Waals surface area (Å²) in [6.07, 6.45) is -2.54. The van der Waals surface area contributed by atoms with Crippen LogP contribution in [0.15, 0.2) is 36.4 Å². The average Bonchev–Trinajstić information content (AvgIpc) is 3.68. The van der Waals surface area contributed by atoms with Crippen molar-refractivity contribution in [2.75, 3.05) is 30.4 Å². The predicted molar refractivity (Wildman–Crippen MR) is 149 cm³/mol. The highest BCUT2D eigenvalue weighted by Gasteiger charge is 2.45. The molecule has 1 aliphatic heterocycles. The van der Waals surface area contributed by atoms with E-state index in [1.165, 1.54) is 6.07 Å². The van der Waals surface area contributed by atoms with E-state index in [9.17, 15) is 22.8 Å². The second-order valence-corrected chi connectivity index (χ2v) is 12.2. The van der Waals surface area contributed by atoms with Crippen LogP contribution in [0.3, 0.4) is 0 Å². The number of ether oxygens (including phenoxy) is 2. The van der Waals surface area contributed by atoms with Crippen molar-refractivity contribution < 1.29 is 32.2 Å². The van der Waals surface area contributed by atoms with Gasteiger partial charge in [-0.25, -0.2) is 0 Å². The number of carbonyl (C=O) groups is 2. The van der Waals surface area contributed by atoms with Crippen LogP contribution in [0.5, 0.6) is 5.75 Å². The number of halogens is 4. The molecule has 1 heterocycles.